The number of aromatic nitrogens is 3. The van der Waals surface area contributed by atoms with Crippen LogP contribution in [0.15, 0.2) is 55.1 Å². The average Bonchev–Trinajstić information content (AvgIpc) is 2.48. The third-order valence-corrected chi connectivity index (χ3v) is 2.87. The number of rotatable bonds is 2. The molecule has 2 heterocycles. The molecule has 1 aromatic carbocycles. The lowest BCUT2D eigenvalue weighted by Gasteiger charge is -2.10. The zero-order chi connectivity index (χ0) is 13.8. The molecule has 6 heteroatoms. The molecule has 0 atom stereocenters. The van der Waals surface area contributed by atoms with Gasteiger partial charge in [-0.15, -0.1) is 0 Å². The maximum Gasteiger partial charge on any atom is 0.175 e. The molecule has 0 fully saturated rings. The Hall–Kier alpha value is -2.60. The summed E-state index contributed by atoms with van der Waals surface area (Å²) in [6, 6.07) is 9.42. The zero-order valence-corrected chi connectivity index (χ0v) is 11.3. The Morgan fingerprint density at radius 2 is 1.50 bits per heavy atom. The van der Waals surface area contributed by atoms with Crippen LogP contribution in [0.4, 0.5) is 11.4 Å². The van der Waals surface area contributed by atoms with E-state index in [9.17, 15) is 0 Å². The summed E-state index contributed by atoms with van der Waals surface area (Å²) in [5.41, 5.74) is 3.43. The minimum atomic E-state index is 0.513. The van der Waals surface area contributed by atoms with Gasteiger partial charge in [-0.25, -0.2) is 0 Å². The van der Waals surface area contributed by atoms with E-state index in [-0.39, 0.29) is 0 Å². The Morgan fingerprint density at radius 3 is 2.30 bits per heavy atom. The van der Waals surface area contributed by atoms with E-state index in [0.29, 0.717) is 5.11 Å². The average molecular weight is 281 g/mol. The Labute approximate surface area is 121 Å². The summed E-state index contributed by atoms with van der Waals surface area (Å²) in [6.07, 6.45) is 6.75. The highest BCUT2D eigenvalue weighted by molar-refractivity contribution is 7.80. The highest BCUT2D eigenvalue weighted by Gasteiger charge is 2.01. The van der Waals surface area contributed by atoms with Crippen LogP contribution in [0.1, 0.15) is 0 Å². The first-order valence-electron chi connectivity index (χ1n) is 6.00. The lowest BCUT2D eigenvalue weighted by Crippen LogP contribution is -2.18. The van der Waals surface area contributed by atoms with Gasteiger partial charge in [-0.2, -0.15) is 0 Å². The van der Waals surface area contributed by atoms with E-state index < -0.39 is 0 Å². The van der Waals surface area contributed by atoms with Gasteiger partial charge in [0.05, 0.1) is 11.0 Å². The molecule has 0 unspecified atom stereocenters. The first-order chi connectivity index (χ1) is 9.81. The van der Waals surface area contributed by atoms with Crippen molar-refractivity contribution in [1.82, 2.24) is 15.0 Å². The van der Waals surface area contributed by atoms with Gasteiger partial charge in [-0.3, -0.25) is 15.0 Å². The molecule has 0 aliphatic carbocycles. The van der Waals surface area contributed by atoms with Crippen molar-refractivity contribution in [1.29, 1.82) is 0 Å². The highest BCUT2D eigenvalue weighted by Crippen LogP contribution is 2.15. The van der Waals surface area contributed by atoms with Crippen LogP contribution in [0.5, 0.6) is 0 Å². The largest absolute Gasteiger partial charge is 0.332 e. The number of hydrogen-bond donors (Lipinski definition) is 2. The van der Waals surface area contributed by atoms with Gasteiger partial charge in [0.2, 0.25) is 0 Å². The quantitative estimate of drug-likeness (QED) is 0.704. The Bertz CT molecular complexity index is 745. The van der Waals surface area contributed by atoms with E-state index in [1.807, 2.05) is 30.3 Å². The van der Waals surface area contributed by atoms with Crippen LogP contribution in [0.2, 0.25) is 0 Å². The lowest BCUT2D eigenvalue weighted by atomic mass is 10.2. The van der Waals surface area contributed by atoms with E-state index in [1.165, 1.54) is 0 Å². The number of fused-ring (bicyclic) bond motifs is 1. The maximum atomic E-state index is 5.26. The van der Waals surface area contributed by atoms with Crippen LogP contribution < -0.4 is 10.6 Å². The summed E-state index contributed by atoms with van der Waals surface area (Å²) >= 11 is 5.26. The molecule has 0 aliphatic rings. The number of thiocarbonyl (C=S) groups is 1. The maximum absolute atomic E-state index is 5.26. The normalized spacial score (nSPS) is 10.2. The Morgan fingerprint density at radius 1 is 0.800 bits per heavy atom. The minimum Gasteiger partial charge on any atom is -0.332 e. The predicted molar refractivity (Wildman–Crippen MR) is 83.6 cm³/mol. The summed E-state index contributed by atoms with van der Waals surface area (Å²) in [6.45, 7) is 0. The number of anilines is 2. The monoisotopic (exact) mass is 281 g/mol. The second kappa shape index (κ2) is 5.58. The number of benzene rings is 1. The van der Waals surface area contributed by atoms with Crippen molar-refractivity contribution in [2.24, 2.45) is 0 Å². The van der Waals surface area contributed by atoms with Gasteiger partial charge >= 0.3 is 0 Å². The molecule has 98 valence electrons. The van der Waals surface area contributed by atoms with Crippen molar-refractivity contribution in [2.45, 2.75) is 0 Å². The van der Waals surface area contributed by atoms with Gasteiger partial charge in [0.15, 0.2) is 5.11 Å². The molecule has 0 saturated heterocycles. The van der Waals surface area contributed by atoms with Gasteiger partial charge < -0.3 is 10.6 Å². The van der Waals surface area contributed by atoms with Gasteiger partial charge in [0.1, 0.15) is 0 Å². The fraction of sp³-hybridized carbons (Fsp3) is 0. The van der Waals surface area contributed by atoms with Crippen LogP contribution in [0, 0.1) is 0 Å². The van der Waals surface area contributed by atoms with Crippen molar-refractivity contribution < 1.29 is 0 Å². The number of pyridine rings is 1. The van der Waals surface area contributed by atoms with Crippen molar-refractivity contribution in [2.75, 3.05) is 10.6 Å². The van der Waals surface area contributed by atoms with Crippen LogP contribution in [0.3, 0.4) is 0 Å². The minimum absolute atomic E-state index is 0.513. The summed E-state index contributed by atoms with van der Waals surface area (Å²) in [5, 5.41) is 6.71. The van der Waals surface area contributed by atoms with Crippen molar-refractivity contribution in [3.05, 3.63) is 55.1 Å². The molecule has 20 heavy (non-hydrogen) atoms. The molecule has 3 aromatic rings. The molecule has 0 amide bonds. The summed E-state index contributed by atoms with van der Waals surface area (Å²) in [5.74, 6) is 0. The Kier molecular flexibility index (Phi) is 3.47. The number of hydrogen-bond acceptors (Lipinski definition) is 4. The molecule has 2 N–H and O–H groups in total. The molecular formula is C14H11N5S. The van der Waals surface area contributed by atoms with Gasteiger partial charge in [0.25, 0.3) is 0 Å². The van der Waals surface area contributed by atoms with Gasteiger partial charge in [-0.05, 0) is 42.5 Å². The second-order valence-corrected chi connectivity index (χ2v) is 4.48. The van der Waals surface area contributed by atoms with Crippen molar-refractivity contribution in [3.63, 3.8) is 0 Å². The van der Waals surface area contributed by atoms with E-state index >= 15 is 0 Å². The molecule has 0 aliphatic heterocycles. The van der Waals surface area contributed by atoms with E-state index in [1.54, 1.807) is 24.8 Å². The van der Waals surface area contributed by atoms with Crippen LogP contribution >= 0.6 is 12.2 Å². The zero-order valence-electron chi connectivity index (χ0n) is 10.4. The van der Waals surface area contributed by atoms with Crippen LogP contribution in [0.25, 0.3) is 11.0 Å². The lowest BCUT2D eigenvalue weighted by molar-refractivity contribution is 1.29. The third-order valence-electron chi connectivity index (χ3n) is 2.67. The second-order valence-electron chi connectivity index (χ2n) is 4.07. The molecule has 0 spiro atoms. The molecular weight excluding hydrogens is 270 g/mol. The summed E-state index contributed by atoms with van der Waals surface area (Å²) in [7, 11) is 0. The van der Waals surface area contributed by atoms with Crippen molar-refractivity contribution >= 4 is 39.7 Å². The van der Waals surface area contributed by atoms with Crippen LogP contribution in [-0.4, -0.2) is 20.1 Å². The SMILES string of the molecule is S=C(Nc1ccncc1)Nc1ccc2nccnc2c1. The first kappa shape index (κ1) is 12.4. The number of nitrogens with zero attached hydrogens (tertiary/aromatic N) is 3. The molecule has 3 rings (SSSR count). The number of nitrogens with one attached hydrogen (secondary N) is 2. The van der Waals surface area contributed by atoms with Gasteiger partial charge in [0, 0.05) is 36.2 Å². The third kappa shape index (κ3) is 2.86. The summed E-state index contributed by atoms with van der Waals surface area (Å²) in [4.78, 5) is 12.4. The van der Waals surface area contributed by atoms with Crippen LogP contribution in [-0.2, 0) is 0 Å². The molecule has 2 aromatic heterocycles. The fourth-order valence-corrected chi connectivity index (χ4v) is 2.01. The predicted octanol–water partition coefficient (Wildman–Crippen LogP) is 2.83. The Balaban J connectivity index is 1.74. The van der Waals surface area contributed by atoms with E-state index in [2.05, 4.69) is 25.6 Å². The fourth-order valence-electron chi connectivity index (χ4n) is 1.77. The van der Waals surface area contributed by atoms with E-state index in [4.69, 9.17) is 12.2 Å². The smallest absolute Gasteiger partial charge is 0.175 e. The molecule has 0 radical (unpaired) electrons. The summed E-state index contributed by atoms with van der Waals surface area (Å²) < 4.78 is 0. The standard InChI is InChI=1S/C14H11N5S/c20-14(18-10-3-5-15-6-4-10)19-11-1-2-12-13(9-11)17-8-7-16-12/h1-9H,(H2,15,18,19,20). The first-order valence-corrected chi connectivity index (χ1v) is 6.41. The topological polar surface area (TPSA) is 62.7 Å². The van der Waals surface area contributed by atoms with E-state index in [0.717, 1.165) is 22.4 Å². The molecule has 5 nitrogen and oxygen atoms in total. The molecule has 0 saturated carbocycles. The highest BCUT2D eigenvalue weighted by atomic mass is 32.1. The van der Waals surface area contributed by atoms with Gasteiger partial charge in [-0.1, -0.05) is 0 Å². The van der Waals surface area contributed by atoms with Crippen molar-refractivity contribution in [3.8, 4) is 0 Å². The molecule has 0 bridgehead atoms.